The molecule has 2 rings (SSSR count). The number of ether oxygens (including phenoxy) is 1. The van der Waals surface area contributed by atoms with E-state index in [1.165, 1.54) is 0 Å². The molecular formula is C14H20Cl2N3O4S+. The number of hydrogen-bond donors (Lipinski definition) is 3. The number of amides is 1. The summed E-state index contributed by atoms with van der Waals surface area (Å²) >= 11 is 12.1. The van der Waals surface area contributed by atoms with Gasteiger partial charge in [-0.3, -0.25) is 4.79 Å². The van der Waals surface area contributed by atoms with Crippen molar-refractivity contribution in [3.8, 4) is 0 Å². The SMILES string of the molecule is C[C@@H]1C[NH+](CC(=O)Nc2c(Cl)cc(S(N)(=O)=O)cc2Cl)C[C@@H](C)O1. The van der Waals surface area contributed by atoms with Gasteiger partial charge in [0.15, 0.2) is 6.54 Å². The molecule has 1 saturated heterocycles. The zero-order valence-corrected chi connectivity index (χ0v) is 15.6. The lowest BCUT2D eigenvalue weighted by molar-refractivity contribution is -0.907. The fourth-order valence-electron chi connectivity index (χ4n) is 2.78. The third-order valence-corrected chi connectivity index (χ3v) is 5.12. The largest absolute Gasteiger partial charge is 0.364 e. The molecule has 0 aromatic heterocycles. The molecule has 1 heterocycles. The van der Waals surface area contributed by atoms with Crippen molar-refractivity contribution in [2.24, 2.45) is 5.14 Å². The molecule has 2 atom stereocenters. The molecule has 10 heteroatoms. The van der Waals surface area contributed by atoms with Crippen LogP contribution in [-0.2, 0) is 19.6 Å². The summed E-state index contributed by atoms with van der Waals surface area (Å²) in [5, 5.41) is 7.71. The van der Waals surface area contributed by atoms with Crippen molar-refractivity contribution in [1.29, 1.82) is 0 Å². The first-order chi connectivity index (χ1) is 11.1. The van der Waals surface area contributed by atoms with Crippen molar-refractivity contribution in [3.63, 3.8) is 0 Å². The Morgan fingerprint density at radius 3 is 2.25 bits per heavy atom. The van der Waals surface area contributed by atoms with Gasteiger partial charge in [-0.1, -0.05) is 23.2 Å². The standard InChI is InChI=1S/C14H19Cl2N3O4S/c1-8-5-19(6-9(2)23-8)7-13(20)18-14-11(15)3-10(4-12(14)16)24(17,21)22/h3-4,8-9H,5-7H2,1-2H3,(H,18,20)(H2,17,21,22)/p+1/t8-,9-/m1/s1. The second kappa shape index (κ2) is 7.55. The minimum absolute atomic E-state index is 0.0126. The zero-order chi connectivity index (χ0) is 18.1. The van der Waals surface area contributed by atoms with E-state index in [0.717, 1.165) is 30.1 Å². The van der Waals surface area contributed by atoms with E-state index in [9.17, 15) is 13.2 Å². The molecular weight excluding hydrogens is 377 g/mol. The Bertz CT molecular complexity index is 709. The molecule has 0 aliphatic carbocycles. The van der Waals surface area contributed by atoms with E-state index in [1.54, 1.807) is 0 Å². The lowest BCUT2D eigenvalue weighted by Gasteiger charge is -2.31. The highest BCUT2D eigenvalue weighted by atomic mass is 35.5. The van der Waals surface area contributed by atoms with Gasteiger partial charge < -0.3 is 15.0 Å². The van der Waals surface area contributed by atoms with Gasteiger partial charge in [0, 0.05) is 0 Å². The summed E-state index contributed by atoms with van der Waals surface area (Å²) in [6.07, 6.45) is 0.163. The van der Waals surface area contributed by atoms with Crippen molar-refractivity contribution in [2.45, 2.75) is 31.0 Å². The predicted octanol–water partition coefficient (Wildman–Crippen LogP) is 0.271. The minimum Gasteiger partial charge on any atom is -0.364 e. The van der Waals surface area contributed by atoms with Crippen LogP contribution in [0.3, 0.4) is 0 Å². The van der Waals surface area contributed by atoms with E-state index in [-0.39, 0.29) is 45.3 Å². The molecule has 7 nitrogen and oxygen atoms in total. The zero-order valence-electron chi connectivity index (χ0n) is 13.3. The van der Waals surface area contributed by atoms with Crippen molar-refractivity contribution in [2.75, 3.05) is 25.0 Å². The molecule has 24 heavy (non-hydrogen) atoms. The molecule has 0 saturated carbocycles. The number of anilines is 1. The normalized spacial score (nSPS) is 24.6. The first-order valence-electron chi connectivity index (χ1n) is 7.37. The van der Waals surface area contributed by atoms with E-state index >= 15 is 0 Å². The second-order valence-electron chi connectivity index (χ2n) is 5.95. The van der Waals surface area contributed by atoms with Crippen molar-refractivity contribution in [3.05, 3.63) is 22.2 Å². The number of hydrogen-bond acceptors (Lipinski definition) is 4. The molecule has 134 valence electrons. The summed E-state index contributed by atoms with van der Waals surface area (Å²) in [5.74, 6) is -0.265. The van der Waals surface area contributed by atoms with Crippen LogP contribution in [0.5, 0.6) is 0 Å². The average molecular weight is 397 g/mol. The maximum absolute atomic E-state index is 12.2. The Balaban J connectivity index is 2.09. The van der Waals surface area contributed by atoms with Crippen LogP contribution < -0.4 is 15.4 Å². The first kappa shape index (κ1) is 19.4. The lowest BCUT2D eigenvalue weighted by Crippen LogP contribution is -3.16. The fraction of sp³-hybridized carbons (Fsp3) is 0.500. The van der Waals surface area contributed by atoms with E-state index in [2.05, 4.69) is 5.32 Å². The van der Waals surface area contributed by atoms with E-state index in [0.29, 0.717) is 0 Å². The van der Waals surface area contributed by atoms with Crippen LogP contribution in [-0.4, -0.2) is 46.2 Å². The summed E-state index contributed by atoms with van der Waals surface area (Å²) in [4.78, 5) is 13.1. The predicted molar refractivity (Wildman–Crippen MR) is 92.0 cm³/mol. The summed E-state index contributed by atoms with van der Waals surface area (Å²) < 4.78 is 28.3. The molecule has 4 N–H and O–H groups in total. The minimum atomic E-state index is -3.93. The highest BCUT2D eigenvalue weighted by molar-refractivity contribution is 7.89. The number of quaternary nitrogens is 1. The number of rotatable bonds is 4. The van der Waals surface area contributed by atoms with E-state index in [4.69, 9.17) is 33.1 Å². The number of benzene rings is 1. The molecule has 1 fully saturated rings. The Hall–Kier alpha value is -0.900. The van der Waals surface area contributed by atoms with Gasteiger partial charge in [0.05, 0.1) is 20.6 Å². The number of sulfonamides is 1. The topological polar surface area (TPSA) is 103 Å². The first-order valence-corrected chi connectivity index (χ1v) is 9.67. The van der Waals surface area contributed by atoms with Crippen LogP contribution in [0.2, 0.25) is 10.0 Å². The molecule has 0 unspecified atom stereocenters. The quantitative estimate of drug-likeness (QED) is 0.679. The summed E-state index contributed by atoms with van der Waals surface area (Å²) in [6, 6.07) is 2.31. The van der Waals surface area contributed by atoms with Gasteiger partial charge in [-0.2, -0.15) is 0 Å². The maximum atomic E-state index is 12.2. The average Bonchev–Trinajstić information content (AvgIpc) is 2.40. The molecule has 0 radical (unpaired) electrons. The van der Waals surface area contributed by atoms with E-state index < -0.39 is 10.0 Å². The second-order valence-corrected chi connectivity index (χ2v) is 8.32. The number of halogens is 2. The number of primary sulfonamides is 1. The van der Waals surface area contributed by atoms with Gasteiger partial charge in [-0.25, -0.2) is 13.6 Å². The molecule has 1 aliphatic rings. The Kier molecular flexibility index (Phi) is 6.11. The number of carbonyl (C=O) groups excluding carboxylic acids is 1. The van der Waals surface area contributed by atoms with Gasteiger partial charge in [-0.15, -0.1) is 0 Å². The number of morpholine rings is 1. The Labute approximate surface area is 151 Å². The summed E-state index contributed by atoms with van der Waals surface area (Å²) in [5.41, 5.74) is 0.171. The van der Waals surface area contributed by atoms with Gasteiger partial charge in [-0.05, 0) is 26.0 Å². The molecule has 1 aromatic rings. The summed E-state index contributed by atoms with van der Waals surface area (Å²) in [6.45, 7) is 5.62. The van der Waals surface area contributed by atoms with Gasteiger partial charge in [0.2, 0.25) is 10.0 Å². The third-order valence-electron chi connectivity index (χ3n) is 3.64. The van der Waals surface area contributed by atoms with Gasteiger partial charge in [0.1, 0.15) is 25.3 Å². The van der Waals surface area contributed by atoms with Crippen LogP contribution in [0.25, 0.3) is 0 Å². The summed E-state index contributed by atoms with van der Waals surface area (Å²) in [7, 11) is -3.93. The van der Waals surface area contributed by atoms with Crippen LogP contribution in [0.1, 0.15) is 13.8 Å². The van der Waals surface area contributed by atoms with E-state index in [1.807, 2.05) is 13.8 Å². The highest BCUT2D eigenvalue weighted by Crippen LogP contribution is 2.33. The third kappa shape index (κ3) is 5.05. The Morgan fingerprint density at radius 2 is 1.79 bits per heavy atom. The molecule has 1 amide bonds. The van der Waals surface area contributed by atoms with Crippen LogP contribution in [0, 0.1) is 0 Å². The molecule has 1 aromatic carbocycles. The van der Waals surface area contributed by atoms with Crippen molar-refractivity contribution >= 4 is 44.8 Å². The van der Waals surface area contributed by atoms with Crippen molar-refractivity contribution < 1.29 is 22.8 Å². The van der Waals surface area contributed by atoms with Crippen molar-refractivity contribution in [1.82, 2.24) is 0 Å². The lowest BCUT2D eigenvalue weighted by atomic mass is 10.2. The maximum Gasteiger partial charge on any atom is 0.279 e. The number of carbonyl (C=O) groups is 1. The van der Waals surface area contributed by atoms with Gasteiger partial charge >= 0.3 is 0 Å². The molecule has 1 aliphatic heterocycles. The van der Waals surface area contributed by atoms with Gasteiger partial charge in [0.25, 0.3) is 5.91 Å². The Morgan fingerprint density at radius 1 is 1.29 bits per heavy atom. The molecule has 0 spiro atoms. The fourth-order valence-corrected chi connectivity index (χ4v) is 4.05. The monoisotopic (exact) mass is 396 g/mol. The van der Waals surface area contributed by atoms with Crippen LogP contribution in [0.4, 0.5) is 5.69 Å². The highest BCUT2D eigenvalue weighted by Gasteiger charge is 2.27. The van der Waals surface area contributed by atoms with Crippen LogP contribution in [0.15, 0.2) is 17.0 Å². The van der Waals surface area contributed by atoms with Crippen LogP contribution >= 0.6 is 23.2 Å². The number of nitrogens with one attached hydrogen (secondary N) is 2. The smallest absolute Gasteiger partial charge is 0.279 e. The number of nitrogens with two attached hydrogens (primary N) is 1. The molecule has 0 bridgehead atoms.